The third-order valence-corrected chi connectivity index (χ3v) is 2.55. The number of rotatable bonds is 7. The van der Waals surface area contributed by atoms with Crippen LogP contribution in [0, 0.1) is 0 Å². The zero-order valence-corrected chi connectivity index (χ0v) is 12.8. The molecule has 0 radical (unpaired) electrons. The zero-order chi connectivity index (χ0) is 16.4. The van der Waals surface area contributed by atoms with Crippen molar-refractivity contribution in [2.45, 2.75) is 26.7 Å². The average molecular weight is 307 g/mol. The third-order valence-electron chi connectivity index (χ3n) is 2.55. The molecule has 3 N–H and O–H groups in total. The maximum Gasteiger partial charge on any atom is 0.357 e. The molecular formula is C15H21N3O4. The van der Waals surface area contributed by atoms with Crippen molar-refractivity contribution >= 4 is 5.97 Å². The number of hydrogen-bond donors (Lipinski definition) is 2. The van der Waals surface area contributed by atoms with Crippen LogP contribution >= 0.6 is 0 Å². The van der Waals surface area contributed by atoms with Crippen molar-refractivity contribution in [3.8, 4) is 17.3 Å². The van der Waals surface area contributed by atoms with Crippen molar-refractivity contribution in [1.29, 1.82) is 0 Å². The van der Waals surface area contributed by atoms with Crippen LogP contribution in [-0.4, -0.2) is 34.2 Å². The standard InChI is InChI=1S/C13H15N3O4.C2H6/c14-4-1-2-6-19-11-7-9(3-5-15-11)12-16-10(8-20-12)13(17)18;1-2/h3,5,7-8H,1-2,4,6,14H2,(H,17,18);1-2H3. The molecule has 0 atom stereocenters. The van der Waals surface area contributed by atoms with E-state index >= 15 is 0 Å². The lowest BCUT2D eigenvalue weighted by atomic mass is 10.2. The minimum atomic E-state index is -1.13. The van der Waals surface area contributed by atoms with Crippen LogP contribution in [0.1, 0.15) is 37.2 Å². The van der Waals surface area contributed by atoms with Gasteiger partial charge in [0.2, 0.25) is 11.8 Å². The van der Waals surface area contributed by atoms with Gasteiger partial charge in [0.15, 0.2) is 5.69 Å². The van der Waals surface area contributed by atoms with E-state index in [4.69, 9.17) is 20.0 Å². The van der Waals surface area contributed by atoms with Gasteiger partial charge < -0.3 is 20.0 Å². The lowest BCUT2D eigenvalue weighted by Crippen LogP contribution is -2.04. The van der Waals surface area contributed by atoms with Gasteiger partial charge in [0, 0.05) is 17.8 Å². The van der Waals surface area contributed by atoms with Gasteiger partial charge in [-0.05, 0) is 25.5 Å². The van der Waals surface area contributed by atoms with Crippen LogP contribution in [-0.2, 0) is 0 Å². The summed E-state index contributed by atoms with van der Waals surface area (Å²) in [5.74, 6) is -0.474. The van der Waals surface area contributed by atoms with Gasteiger partial charge in [-0.15, -0.1) is 0 Å². The number of aromatic carboxylic acids is 1. The Labute approximate surface area is 129 Å². The van der Waals surface area contributed by atoms with Crippen molar-refractivity contribution < 1.29 is 19.1 Å². The number of hydrogen-bond acceptors (Lipinski definition) is 6. The van der Waals surface area contributed by atoms with Gasteiger partial charge in [-0.3, -0.25) is 0 Å². The number of nitrogens with two attached hydrogens (primary N) is 1. The second-order valence-corrected chi connectivity index (χ2v) is 4.07. The van der Waals surface area contributed by atoms with Gasteiger partial charge in [0.05, 0.1) is 6.61 Å². The Bertz CT molecular complexity index is 584. The summed E-state index contributed by atoms with van der Waals surface area (Å²) >= 11 is 0. The minimum Gasteiger partial charge on any atom is -0.478 e. The summed E-state index contributed by atoms with van der Waals surface area (Å²) in [7, 11) is 0. The number of ether oxygens (including phenoxy) is 1. The van der Waals surface area contributed by atoms with Crippen molar-refractivity contribution in [1.82, 2.24) is 9.97 Å². The number of carboxylic acid groups (broad SMARTS) is 1. The molecule has 2 aromatic heterocycles. The summed E-state index contributed by atoms with van der Waals surface area (Å²) in [4.78, 5) is 18.7. The van der Waals surface area contributed by atoms with Crippen LogP contribution in [0.25, 0.3) is 11.5 Å². The molecule has 0 bridgehead atoms. The van der Waals surface area contributed by atoms with Gasteiger partial charge in [-0.25, -0.2) is 14.8 Å². The van der Waals surface area contributed by atoms with Crippen molar-refractivity contribution in [2.75, 3.05) is 13.2 Å². The number of carbonyl (C=O) groups is 1. The predicted octanol–water partition coefficient (Wildman–Crippen LogP) is 2.58. The summed E-state index contributed by atoms with van der Waals surface area (Å²) in [6.45, 7) is 5.16. The summed E-state index contributed by atoms with van der Waals surface area (Å²) < 4.78 is 10.6. The highest BCUT2D eigenvalue weighted by atomic mass is 16.5. The van der Waals surface area contributed by atoms with Crippen molar-refractivity contribution in [3.05, 3.63) is 30.3 Å². The smallest absolute Gasteiger partial charge is 0.357 e. The normalized spacial score (nSPS) is 9.77. The summed E-state index contributed by atoms with van der Waals surface area (Å²) in [6.07, 6.45) is 4.39. The van der Waals surface area contributed by atoms with Crippen molar-refractivity contribution in [2.24, 2.45) is 5.73 Å². The summed E-state index contributed by atoms with van der Waals surface area (Å²) in [5.41, 5.74) is 5.87. The Hall–Kier alpha value is -2.41. The van der Waals surface area contributed by atoms with Crippen LogP contribution in [0.2, 0.25) is 0 Å². The number of unbranched alkanes of at least 4 members (excludes halogenated alkanes) is 1. The fourth-order valence-electron chi connectivity index (χ4n) is 1.55. The van der Waals surface area contributed by atoms with E-state index in [-0.39, 0.29) is 11.6 Å². The molecule has 22 heavy (non-hydrogen) atoms. The topological polar surface area (TPSA) is 111 Å². The van der Waals surface area contributed by atoms with Gasteiger partial charge in [0.1, 0.15) is 6.26 Å². The first-order valence-corrected chi connectivity index (χ1v) is 7.19. The molecule has 120 valence electrons. The van der Waals surface area contributed by atoms with Crippen LogP contribution in [0.5, 0.6) is 5.88 Å². The highest BCUT2D eigenvalue weighted by molar-refractivity contribution is 5.85. The molecule has 0 amide bonds. The first kappa shape index (κ1) is 17.6. The Kier molecular flexibility index (Phi) is 7.63. The highest BCUT2D eigenvalue weighted by Gasteiger charge is 2.12. The van der Waals surface area contributed by atoms with E-state index in [1.54, 1.807) is 18.3 Å². The predicted molar refractivity (Wildman–Crippen MR) is 81.8 cm³/mol. The van der Waals surface area contributed by atoms with E-state index in [1.165, 1.54) is 0 Å². The maximum atomic E-state index is 10.7. The lowest BCUT2D eigenvalue weighted by molar-refractivity contribution is 0.0690. The quantitative estimate of drug-likeness (QED) is 0.756. The molecule has 2 aromatic rings. The van der Waals surface area contributed by atoms with Crippen LogP contribution in [0.15, 0.2) is 29.0 Å². The molecule has 2 rings (SSSR count). The van der Waals surface area contributed by atoms with Crippen molar-refractivity contribution in [3.63, 3.8) is 0 Å². The Morgan fingerprint density at radius 3 is 2.82 bits per heavy atom. The fraction of sp³-hybridized carbons (Fsp3) is 0.400. The van der Waals surface area contributed by atoms with E-state index in [0.29, 0.717) is 24.6 Å². The number of carboxylic acids is 1. The van der Waals surface area contributed by atoms with Crippen LogP contribution in [0.4, 0.5) is 0 Å². The zero-order valence-electron chi connectivity index (χ0n) is 12.8. The highest BCUT2D eigenvalue weighted by Crippen LogP contribution is 2.21. The summed E-state index contributed by atoms with van der Waals surface area (Å²) in [6, 6.07) is 3.32. The number of nitrogens with zero attached hydrogens (tertiary/aromatic N) is 2. The lowest BCUT2D eigenvalue weighted by Gasteiger charge is -2.05. The molecule has 0 spiro atoms. The van der Waals surface area contributed by atoms with E-state index in [9.17, 15) is 4.79 Å². The molecule has 0 aliphatic carbocycles. The van der Waals surface area contributed by atoms with E-state index in [0.717, 1.165) is 19.1 Å². The molecule has 0 saturated carbocycles. The Morgan fingerprint density at radius 2 is 2.18 bits per heavy atom. The van der Waals surface area contributed by atoms with Gasteiger partial charge in [0.25, 0.3) is 0 Å². The first-order valence-electron chi connectivity index (χ1n) is 7.19. The van der Waals surface area contributed by atoms with Gasteiger partial charge in [-0.1, -0.05) is 13.8 Å². The van der Waals surface area contributed by atoms with E-state index < -0.39 is 5.97 Å². The SMILES string of the molecule is CC.NCCCCOc1cc(-c2nc(C(=O)O)co2)ccn1. The number of pyridine rings is 1. The third kappa shape index (κ3) is 5.17. The molecule has 0 aliphatic heterocycles. The van der Waals surface area contributed by atoms with Gasteiger partial charge in [-0.2, -0.15) is 0 Å². The molecule has 0 unspecified atom stereocenters. The Morgan fingerprint density at radius 1 is 1.41 bits per heavy atom. The molecule has 0 fully saturated rings. The number of oxazole rings is 1. The average Bonchev–Trinajstić information content (AvgIpc) is 3.04. The number of aromatic nitrogens is 2. The molecule has 0 aromatic carbocycles. The van der Waals surface area contributed by atoms with Crippen LogP contribution < -0.4 is 10.5 Å². The first-order chi connectivity index (χ1) is 10.7. The molecule has 2 heterocycles. The molecule has 7 heteroatoms. The monoisotopic (exact) mass is 307 g/mol. The Balaban J connectivity index is 0.00000116. The second kappa shape index (κ2) is 9.51. The second-order valence-electron chi connectivity index (χ2n) is 4.07. The van der Waals surface area contributed by atoms with E-state index in [1.807, 2.05) is 13.8 Å². The molecule has 7 nitrogen and oxygen atoms in total. The largest absolute Gasteiger partial charge is 0.478 e. The van der Waals surface area contributed by atoms with E-state index in [2.05, 4.69) is 9.97 Å². The maximum absolute atomic E-state index is 10.7. The molecule has 0 aliphatic rings. The molecular weight excluding hydrogens is 286 g/mol. The fourth-order valence-corrected chi connectivity index (χ4v) is 1.55. The van der Waals surface area contributed by atoms with Gasteiger partial charge >= 0.3 is 5.97 Å². The molecule has 0 saturated heterocycles. The van der Waals surface area contributed by atoms with Crippen LogP contribution in [0.3, 0.4) is 0 Å². The minimum absolute atomic E-state index is 0.137. The summed E-state index contributed by atoms with van der Waals surface area (Å²) in [5, 5.41) is 8.80.